The molecule has 0 aromatic heterocycles. The van der Waals surface area contributed by atoms with E-state index >= 15 is 0 Å². The molecule has 18 heavy (non-hydrogen) atoms. The van der Waals surface area contributed by atoms with Gasteiger partial charge in [-0.25, -0.2) is 13.1 Å². The van der Waals surface area contributed by atoms with E-state index in [9.17, 15) is 8.42 Å². The standard InChI is InChI=1S/C12H19N3O2S/c1-15(10-6-7-10)9-8-14-18(16,17)12-5-3-2-4-11(12)13/h2-5,10,14H,6-9,13H2,1H3. The topological polar surface area (TPSA) is 75.4 Å². The SMILES string of the molecule is CN(CCNS(=O)(=O)c1ccccc1N)C1CC1. The summed E-state index contributed by atoms with van der Waals surface area (Å²) in [6.07, 6.45) is 2.43. The largest absolute Gasteiger partial charge is 0.398 e. The lowest BCUT2D eigenvalue weighted by Crippen LogP contribution is -2.34. The number of nitrogens with one attached hydrogen (secondary N) is 1. The average molecular weight is 269 g/mol. The van der Waals surface area contributed by atoms with Gasteiger partial charge in [0.1, 0.15) is 4.90 Å². The van der Waals surface area contributed by atoms with Gasteiger partial charge < -0.3 is 10.6 Å². The number of rotatable bonds is 6. The quantitative estimate of drug-likeness (QED) is 0.743. The minimum absolute atomic E-state index is 0.152. The molecule has 2 rings (SSSR count). The first kappa shape index (κ1) is 13.3. The van der Waals surface area contributed by atoms with E-state index in [1.807, 2.05) is 7.05 Å². The van der Waals surface area contributed by atoms with Crippen LogP contribution < -0.4 is 10.5 Å². The van der Waals surface area contributed by atoms with Gasteiger partial charge in [-0.3, -0.25) is 0 Å². The Morgan fingerprint density at radius 2 is 2.06 bits per heavy atom. The fraction of sp³-hybridized carbons (Fsp3) is 0.500. The molecule has 0 spiro atoms. The molecule has 0 heterocycles. The molecule has 100 valence electrons. The van der Waals surface area contributed by atoms with Gasteiger partial charge in [0.05, 0.1) is 5.69 Å². The third-order valence-corrected chi connectivity index (χ3v) is 4.67. The Bertz CT molecular complexity index is 512. The second-order valence-corrected chi connectivity index (χ2v) is 6.38. The molecule has 3 N–H and O–H groups in total. The number of nitrogens with zero attached hydrogens (tertiary/aromatic N) is 1. The number of nitrogens with two attached hydrogens (primary N) is 1. The van der Waals surface area contributed by atoms with Crippen molar-refractivity contribution in [1.29, 1.82) is 0 Å². The molecule has 0 atom stereocenters. The summed E-state index contributed by atoms with van der Waals surface area (Å²) in [7, 11) is -1.48. The van der Waals surface area contributed by atoms with Crippen LogP contribution in [0.1, 0.15) is 12.8 Å². The summed E-state index contributed by atoms with van der Waals surface area (Å²) in [6.45, 7) is 1.13. The Labute approximate surface area is 108 Å². The molecular weight excluding hydrogens is 250 g/mol. The smallest absolute Gasteiger partial charge is 0.242 e. The zero-order valence-electron chi connectivity index (χ0n) is 10.5. The molecule has 1 aliphatic carbocycles. The zero-order valence-corrected chi connectivity index (χ0v) is 11.3. The van der Waals surface area contributed by atoms with E-state index in [1.165, 1.54) is 18.9 Å². The summed E-state index contributed by atoms with van der Waals surface area (Å²) >= 11 is 0. The van der Waals surface area contributed by atoms with Crippen LogP contribution in [0.2, 0.25) is 0 Å². The number of hydrogen-bond acceptors (Lipinski definition) is 4. The first-order valence-electron chi connectivity index (χ1n) is 6.05. The highest BCUT2D eigenvalue weighted by atomic mass is 32.2. The second kappa shape index (κ2) is 5.26. The molecule has 1 aliphatic rings. The van der Waals surface area contributed by atoms with E-state index in [1.54, 1.807) is 18.2 Å². The molecule has 0 unspecified atom stereocenters. The van der Waals surface area contributed by atoms with Gasteiger partial charge in [0.2, 0.25) is 10.0 Å². The average Bonchev–Trinajstić information content (AvgIpc) is 3.12. The maximum absolute atomic E-state index is 12.0. The Hall–Kier alpha value is -1.11. The number of anilines is 1. The number of sulfonamides is 1. The van der Waals surface area contributed by atoms with Gasteiger partial charge in [-0.15, -0.1) is 0 Å². The van der Waals surface area contributed by atoms with Gasteiger partial charge in [0.15, 0.2) is 0 Å². The number of likely N-dealkylation sites (N-methyl/N-ethyl adjacent to an activating group) is 1. The maximum Gasteiger partial charge on any atom is 0.242 e. The van der Waals surface area contributed by atoms with Crippen molar-refractivity contribution in [2.45, 2.75) is 23.8 Å². The van der Waals surface area contributed by atoms with Crippen LogP contribution in [0, 0.1) is 0 Å². The third-order valence-electron chi connectivity index (χ3n) is 3.14. The summed E-state index contributed by atoms with van der Waals surface area (Å²) in [5.74, 6) is 0. The minimum Gasteiger partial charge on any atom is -0.398 e. The van der Waals surface area contributed by atoms with Crippen LogP contribution in [-0.2, 0) is 10.0 Å². The predicted octanol–water partition coefficient (Wildman–Crippen LogP) is 0.641. The van der Waals surface area contributed by atoms with E-state index < -0.39 is 10.0 Å². The molecule has 0 bridgehead atoms. The van der Waals surface area contributed by atoms with E-state index in [2.05, 4.69) is 9.62 Å². The summed E-state index contributed by atoms with van der Waals surface area (Å²) in [4.78, 5) is 2.33. The fourth-order valence-corrected chi connectivity index (χ4v) is 3.01. The molecule has 0 aliphatic heterocycles. The summed E-state index contributed by atoms with van der Waals surface area (Å²) in [5, 5.41) is 0. The van der Waals surface area contributed by atoms with Crippen molar-refractivity contribution in [3.63, 3.8) is 0 Å². The molecular formula is C12H19N3O2S. The summed E-state index contributed by atoms with van der Waals surface area (Å²) in [5.41, 5.74) is 5.95. The zero-order chi connectivity index (χ0) is 13.2. The van der Waals surface area contributed by atoms with Crippen molar-refractivity contribution in [2.75, 3.05) is 25.9 Å². The Balaban J connectivity index is 1.93. The maximum atomic E-state index is 12.0. The van der Waals surface area contributed by atoms with E-state index in [0.29, 0.717) is 12.6 Å². The van der Waals surface area contributed by atoms with Crippen LogP contribution in [0.4, 0.5) is 5.69 Å². The van der Waals surface area contributed by atoms with Gasteiger partial charge in [-0.05, 0) is 32.0 Å². The first-order chi connectivity index (χ1) is 8.50. The van der Waals surface area contributed by atoms with Crippen molar-refractivity contribution in [2.24, 2.45) is 0 Å². The van der Waals surface area contributed by atoms with E-state index in [0.717, 1.165) is 6.54 Å². The minimum atomic E-state index is -3.49. The van der Waals surface area contributed by atoms with Crippen LogP contribution in [-0.4, -0.2) is 39.5 Å². The lowest BCUT2D eigenvalue weighted by molar-refractivity contribution is 0.329. The summed E-state index contributed by atoms with van der Waals surface area (Å²) < 4.78 is 26.6. The van der Waals surface area contributed by atoms with Crippen molar-refractivity contribution >= 4 is 15.7 Å². The molecule has 0 amide bonds. The van der Waals surface area contributed by atoms with Gasteiger partial charge in [-0.1, -0.05) is 12.1 Å². The summed E-state index contributed by atoms with van der Waals surface area (Å²) in [6, 6.07) is 7.13. The highest BCUT2D eigenvalue weighted by Crippen LogP contribution is 2.24. The van der Waals surface area contributed by atoms with Crippen molar-refractivity contribution in [3.8, 4) is 0 Å². The van der Waals surface area contributed by atoms with Crippen LogP contribution in [0.5, 0.6) is 0 Å². The van der Waals surface area contributed by atoms with Crippen molar-refractivity contribution in [1.82, 2.24) is 9.62 Å². The lowest BCUT2D eigenvalue weighted by atomic mass is 10.3. The number of hydrogen-bond donors (Lipinski definition) is 2. The molecule has 1 aromatic rings. The first-order valence-corrected chi connectivity index (χ1v) is 7.53. The molecule has 6 heteroatoms. The van der Waals surface area contributed by atoms with Crippen LogP contribution in [0.15, 0.2) is 29.2 Å². The lowest BCUT2D eigenvalue weighted by Gasteiger charge is -2.16. The molecule has 1 saturated carbocycles. The Morgan fingerprint density at radius 1 is 1.39 bits per heavy atom. The third kappa shape index (κ3) is 3.22. The highest BCUT2D eigenvalue weighted by Gasteiger charge is 2.26. The normalized spacial score (nSPS) is 16.1. The van der Waals surface area contributed by atoms with Gasteiger partial charge >= 0.3 is 0 Å². The van der Waals surface area contributed by atoms with Crippen molar-refractivity contribution < 1.29 is 8.42 Å². The Kier molecular flexibility index (Phi) is 3.89. The van der Waals surface area contributed by atoms with Gasteiger partial charge in [-0.2, -0.15) is 0 Å². The molecule has 0 radical (unpaired) electrons. The fourth-order valence-electron chi connectivity index (χ4n) is 1.86. The predicted molar refractivity (Wildman–Crippen MR) is 71.7 cm³/mol. The molecule has 5 nitrogen and oxygen atoms in total. The monoisotopic (exact) mass is 269 g/mol. The number of benzene rings is 1. The molecule has 0 saturated heterocycles. The Morgan fingerprint density at radius 3 is 2.67 bits per heavy atom. The van der Waals surface area contributed by atoms with E-state index in [4.69, 9.17) is 5.73 Å². The van der Waals surface area contributed by atoms with Gasteiger partial charge in [0.25, 0.3) is 0 Å². The van der Waals surface area contributed by atoms with E-state index in [-0.39, 0.29) is 10.6 Å². The van der Waals surface area contributed by atoms with Crippen LogP contribution in [0.3, 0.4) is 0 Å². The second-order valence-electron chi connectivity index (χ2n) is 4.65. The molecule has 1 fully saturated rings. The van der Waals surface area contributed by atoms with Crippen LogP contribution >= 0.6 is 0 Å². The van der Waals surface area contributed by atoms with Crippen LogP contribution in [0.25, 0.3) is 0 Å². The number of nitrogen functional groups attached to an aromatic ring is 1. The highest BCUT2D eigenvalue weighted by molar-refractivity contribution is 7.89. The van der Waals surface area contributed by atoms with Gasteiger partial charge in [0, 0.05) is 19.1 Å². The molecule has 1 aromatic carbocycles. The number of para-hydroxylation sites is 1. The van der Waals surface area contributed by atoms with Crippen molar-refractivity contribution in [3.05, 3.63) is 24.3 Å².